The average Bonchev–Trinajstić information content (AvgIpc) is 3.26. The van der Waals surface area contributed by atoms with Gasteiger partial charge in [-0.1, -0.05) is 0 Å². The Morgan fingerprint density at radius 1 is 1.57 bits per heavy atom. The molecule has 5 nitrogen and oxygen atoms in total. The van der Waals surface area contributed by atoms with E-state index in [9.17, 15) is 4.79 Å². The summed E-state index contributed by atoms with van der Waals surface area (Å²) in [6.07, 6.45) is 8.26. The van der Waals surface area contributed by atoms with Crippen LogP contribution in [0.3, 0.4) is 0 Å². The highest BCUT2D eigenvalue weighted by molar-refractivity contribution is 7.13. The maximum absolute atomic E-state index is 12.1. The Hall–Kier alpha value is -1.66. The average molecular weight is 334 g/mol. The van der Waals surface area contributed by atoms with Gasteiger partial charge in [0, 0.05) is 23.6 Å². The van der Waals surface area contributed by atoms with Gasteiger partial charge in [0.2, 0.25) is 5.91 Å². The van der Waals surface area contributed by atoms with E-state index in [1.807, 2.05) is 18.4 Å². The van der Waals surface area contributed by atoms with Crippen LogP contribution in [0.1, 0.15) is 38.3 Å². The van der Waals surface area contributed by atoms with Gasteiger partial charge < -0.3 is 14.5 Å². The molecule has 1 amide bonds. The van der Waals surface area contributed by atoms with E-state index in [0.29, 0.717) is 12.5 Å². The Bertz CT molecular complexity index is 618. The Morgan fingerprint density at radius 3 is 3.22 bits per heavy atom. The first-order valence-corrected chi connectivity index (χ1v) is 8.96. The zero-order chi connectivity index (χ0) is 16.1. The number of furan rings is 1. The summed E-state index contributed by atoms with van der Waals surface area (Å²) in [5.74, 6) is 0.0221. The van der Waals surface area contributed by atoms with Crippen LogP contribution in [-0.4, -0.2) is 29.6 Å². The Labute approximate surface area is 140 Å². The molecule has 0 saturated carbocycles. The monoisotopic (exact) mass is 334 g/mol. The molecule has 1 fully saturated rings. The molecule has 1 aliphatic rings. The van der Waals surface area contributed by atoms with Gasteiger partial charge in [0.05, 0.1) is 24.5 Å². The molecule has 0 aliphatic carbocycles. The quantitative estimate of drug-likeness (QED) is 0.843. The van der Waals surface area contributed by atoms with Crippen molar-refractivity contribution < 1.29 is 13.9 Å². The zero-order valence-electron chi connectivity index (χ0n) is 13.3. The number of carbonyl (C=O) groups is 1. The summed E-state index contributed by atoms with van der Waals surface area (Å²) in [7, 11) is 0. The number of hydrogen-bond donors (Lipinski definition) is 1. The summed E-state index contributed by atoms with van der Waals surface area (Å²) in [5.41, 5.74) is 1.75. The van der Waals surface area contributed by atoms with E-state index in [1.165, 1.54) is 11.3 Å². The van der Waals surface area contributed by atoms with Crippen LogP contribution < -0.4 is 5.32 Å². The molecule has 0 unspecified atom stereocenters. The van der Waals surface area contributed by atoms with E-state index in [0.717, 1.165) is 48.6 Å². The van der Waals surface area contributed by atoms with Crippen molar-refractivity contribution in [3.8, 4) is 10.6 Å². The van der Waals surface area contributed by atoms with Crippen molar-refractivity contribution in [2.45, 2.75) is 51.2 Å². The molecule has 124 valence electrons. The number of nitrogens with zero attached hydrogens (tertiary/aromatic N) is 1. The van der Waals surface area contributed by atoms with E-state index in [-0.39, 0.29) is 11.9 Å². The minimum Gasteiger partial charge on any atom is -0.472 e. The smallest absolute Gasteiger partial charge is 0.226 e. The summed E-state index contributed by atoms with van der Waals surface area (Å²) in [6.45, 7) is 2.93. The van der Waals surface area contributed by atoms with Crippen LogP contribution in [0, 0.1) is 0 Å². The molecule has 3 heterocycles. The highest BCUT2D eigenvalue weighted by atomic mass is 32.1. The number of thiazole rings is 1. The second-order valence-corrected chi connectivity index (χ2v) is 6.87. The topological polar surface area (TPSA) is 64.4 Å². The predicted molar refractivity (Wildman–Crippen MR) is 89.3 cm³/mol. The van der Waals surface area contributed by atoms with Gasteiger partial charge in [-0.25, -0.2) is 4.98 Å². The number of aromatic nitrogens is 1. The lowest BCUT2D eigenvalue weighted by molar-refractivity contribution is -0.121. The van der Waals surface area contributed by atoms with Crippen LogP contribution >= 0.6 is 11.3 Å². The van der Waals surface area contributed by atoms with E-state index >= 15 is 0 Å². The largest absolute Gasteiger partial charge is 0.472 e. The molecule has 2 atom stereocenters. The first kappa shape index (κ1) is 16.2. The molecular weight excluding hydrogens is 312 g/mol. The predicted octanol–water partition coefficient (Wildman–Crippen LogP) is 3.41. The second kappa shape index (κ2) is 7.75. The third kappa shape index (κ3) is 4.65. The van der Waals surface area contributed by atoms with Crippen molar-refractivity contribution >= 4 is 17.2 Å². The number of carbonyl (C=O) groups excluding carboxylic acids is 1. The molecule has 3 rings (SSSR count). The lowest BCUT2D eigenvalue weighted by atomic mass is 10.1. The van der Waals surface area contributed by atoms with Gasteiger partial charge in [0.15, 0.2) is 0 Å². The fourth-order valence-electron chi connectivity index (χ4n) is 2.78. The molecule has 2 aromatic heterocycles. The first-order valence-electron chi connectivity index (χ1n) is 8.08. The normalized spacial score (nSPS) is 18.9. The lowest BCUT2D eigenvalue weighted by Gasteiger charge is -2.16. The van der Waals surface area contributed by atoms with Crippen LogP contribution in [0.5, 0.6) is 0 Å². The molecule has 2 aromatic rings. The molecule has 23 heavy (non-hydrogen) atoms. The number of amides is 1. The van der Waals surface area contributed by atoms with Gasteiger partial charge in [0.1, 0.15) is 11.3 Å². The maximum Gasteiger partial charge on any atom is 0.226 e. The van der Waals surface area contributed by atoms with Crippen molar-refractivity contribution in [1.82, 2.24) is 10.3 Å². The number of nitrogens with one attached hydrogen (secondary N) is 1. The Morgan fingerprint density at radius 2 is 2.48 bits per heavy atom. The molecule has 0 spiro atoms. The number of rotatable bonds is 7. The third-order valence-corrected chi connectivity index (χ3v) is 4.95. The van der Waals surface area contributed by atoms with Gasteiger partial charge >= 0.3 is 0 Å². The molecule has 1 aliphatic heterocycles. The fourth-order valence-corrected chi connectivity index (χ4v) is 3.58. The molecule has 0 radical (unpaired) electrons. The maximum atomic E-state index is 12.1. The molecule has 1 saturated heterocycles. The van der Waals surface area contributed by atoms with Gasteiger partial charge in [-0.05, 0) is 38.7 Å². The van der Waals surface area contributed by atoms with E-state index in [4.69, 9.17) is 9.15 Å². The SMILES string of the molecule is C[C@H](CC[C@H]1CCCO1)NC(=O)Cc1csc(-c2ccoc2)n1. The second-order valence-electron chi connectivity index (χ2n) is 6.01. The summed E-state index contributed by atoms with van der Waals surface area (Å²) < 4.78 is 10.7. The standard InChI is InChI=1S/C17H22N2O3S/c1-12(4-5-15-3-2-7-22-15)18-16(20)9-14-11-23-17(19-14)13-6-8-21-10-13/h6,8,10-12,15H,2-5,7,9H2,1H3,(H,18,20)/t12-,15-/m1/s1. The van der Waals surface area contributed by atoms with Crippen molar-refractivity contribution in [3.63, 3.8) is 0 Å². The van der Waals surface area contributed by atoms with Crippen molar-refractivity contribution in [2.75, 3.05) is 6.61 Å². The minimum absolute atomic E-state index is 0.0221. The minimum atomic E-state index is 0.0221. The summed E-state index contributed by atoms with van der Waals surface area (Å²) >= 11 is 1.53. The zero-order valence-corrected chi connectivity index (χ0v) is 14.1. The molecule has 1 N–H and O–H groups in total. The molecule has 6 heteroatoms. The first-order chi connectivity index (χ1) is 11.2. The fraction of sp³-hybridized carbons (Fsp3) is 0.529. The van der Waals surface area contributed by atoms with Crippen LogP contribution in [-0.2, 0) is 16.0 Å². The van der Waals surface area contributed by atoms with Gasteiger partial charge in [-0.2, -0.15) is 0 Å². The molecule has 0 bridgehead atoms. The van der Waals surface area contributed by atoms with Crippen LogP contribution in [0.25, 0.3) is 10.6 Å². The molecule has 0 aromatic carbocycles. The van der Waals surface area contributed by atoms with Gasteiger partial charge in [-0.15, -0.1) is 11.3 Å². The van der Waals surface area contributed by atoms with Crippen molar-refractivity contribution in [2.24, 2.45) is 0 Å². The Balaban J connectivity index is 1.43. The number of hydrogen-bond acceptors (Lipinski definition) is 5. The summed E-state index contributed by atoms with van der Waals surface area (Å²) in [5, 5.41) is 5.86. The number of ether oxygens (including phenoxy) is 1. The highest BCUT2D eigenvalue weighted by Gasteiger charge is 2.17. The highest BCUT2D eigenvalue weighted by Crippen LogP contribution is 2.24. The summed E-state index contributed by atoms with van der Waals surface area (Å²) in [4.78, 5) is 16.6. The van der Waals surface area contributed by atoms with E-state index in [2.05, 4.69) is 10.3 Å². The van der Waals surface area contributed by atoms with Crippen LogP contribution in [0.4, 0.5) is 0 Å². The van der Waals surface area contributed by atoms with Crippen molar-refractivity contribution in [3.05, 3.63) is 29.7 Å². The van der Waals surface area contributed by atoms with Crippen LogP contribution in [0.15, 0.2) is 28.4 Å². The van der Waals surface area contributed by atoms with Crippen LogP contribution in [0.2, 0.25) is 0 Å². The molecular formula is C17H22N2O3S. The third-order valence-electron chi connectivity index (χ3n) is 4.01. The van der Waals surface area contributed by atoms with E-state index < -0.39 is 0 Å². The summed E-state index contributed by atoms with van der Waals surface area (Å²) in [6, 6.07) is 2.04. The Kier molecular flexibility index (Phi) is 5.46. The van der Waals surface area contributed by atoms with E-state index in [1.54, 1.807) is 12.5 Å². The van der Waals surface area contributed by atoms with Gasteiger partial charge in [0.25, 0.3) is 0 Å². The van der Waals surface area contributed by atoms with Crippen molar-refractivity contribution in [1.29, 1.82) is 0 Å². The van der Waals surface area contributed by atoms with Gasteiger partial charge in [-0.3, -0.25) is 4.79 Å². The lowest BCUT2D eigenvalue weighted by Crippen LogP contribution is -2.34.